The lowest BCUT2D eigenvalue weighted by molar-refractivity contribution is 0.637. The summed E-state index contributed by atoms with van der Waals surface area (Å²) in [6, 6.07) is 7.87. The van der Waals surface area contributed by atoms with Gasteiger partial charge >= 0.3 is 0 Å². The number of nitrogens with two attached hydrogens (primary N) is 1. The zero-order valence-electron chi connectivity index (χ0n) is 9.55. The molecule has 0 saturated heterocycles. The highest BCUT2D eigenvalue weighted by atomic mass is 35.5. The van der Waals surface area contributed by atoms with E-state index in [1.165, 1.54) is 6.07 Å². The van der Waals surface area contributed by atoms with Crippen molar-refractivity contribution in [3.05, 3.63) is 46.2 Å². The van der Waals surface area contributed by atoms with Gasteiger partial charge in [0.15, 0.2) is 5.82 Å². The number of benzene rings is 2. The molecule has 0 radical (unpaired) electrons. The first-order valence-corrected chi connectivity index (χ1v) is 6.21. The van der Waals surface area contributed by atoms with Crippen molar-refractivity contribution in [3.8, 4) is 11.4 Å². The first kappa shape index (κ1) is 12.3. The van der Waals surface area contributed by atoms with E-state index in [0.29, 0.717) is 32.6 Å². The molecule has 3 rings (SSSR count). The number of imidazole rings is 1. The SMILES string of the molecule is Nc1c(Cl)cc(Cl)cc1-c1nc2c(F)cccc2[nH]1. The molecule has 96 valence electrons. The van der Waals surface area contributed by atoms with Gasteiger partial charge in [-0.15, -0.1) is 0 Å². The van der Waals surface area contributed by atoms with Crippen LogP contribution in [0.15, 0.2) is 30.3 Å². The van der Waals surface area contributed by atoms with Crippen molar-refractivity contribution in [1.82, 2.24) is 9.97 Å². The molecule has 0 unspecified atom stereocenters. The van der Waals surface area contributed by atoms with E-state index >= 15 is 0 Å². The molecule has 3 N–H and O–H groups in total. The van der Waals surface area contributed by atoms with Crippen LogP contribution >= 0.6 is 23.2 Å². The Balaban J connectivity index is 2.28. The molecule has 6 heteroatoms. The van der Waals surface area contributed by atoms with Crippen LogP contribution in [0.3, 0.4) is 0 Å². The smallest absolute Gasteiger partial charge is 0.151 e. The first-order valence-electron chi connectivity index (χ1n) is 5.45. The minimum atomic E-state index is -0.397. The Morgan fingerprint density at radius 2 is 2.00 bits per heavy atom. The molecule has 0 aliphatic rings. The maximum Gasteiger partial charge on any atom is 0.151 e. The Morgan fingerprint density at radius 1 is 1.21 bits per heavy atom. The number of fused-ring (bicyclic) bond motifs is 1. The lowest BCUT2D eigenvalue weighted by atomic mass is 10.1. The minimum Gasteiger partial charge on any atom is -0.397 e. The second-order valence-electron chi connectivity index (χ2n) is 4.07. The van der Waals surface area contributed by atoms with E-state index in [9.17, 15) is 4.39 Å². The fraction of sp³-hybridized carbons (Fsp3) is 0. The van der Waals surface area contributed by atoms with Gasteiger partial charge in [-0.25, -0.2) is 9.37 Å². The van der Waals surface area contributed by atoms with Crippen molar-refractivity contribution in [2.24, 2.45) is 0 Å². The summed E-state index contributed by atoms with van der Waals surface area (Å²) in [6.07, 6.45) is 0. The number of rotatable bonds is 1. The van der Waals surface area contributed by atoms with E-state index < -0.39 is 5.82 Å². The van der Waals surface area contributed by atoms with Gasteiger partial charge < -0.3 is 10.7 Å². The van der Waals surface area contributed by atoms with Crippen LogP contribution in [0.4, 0.5) is 10.1 Å². The third kappa shape index (κ3) is 2.03. The number of H-pyrrole nitrogens is 1. The van der Waals surface area contributed by atoms with Gasteiger partial charge in [0.2, 0.25) is 0 Å². The molecule has 0 saturated carbocycles. The van der Waals surface area contributed by atoms with Crippen LogP contribution in [-0.2, 0) is 0 Å². The second-order valence-corrected chi connectivity index (χ2v) is 4.91. The summed E-state index contributed by atoms with van der Waals surface area (Å²) in [5.74, 6) is 0.0358. The number of anilines is 1. The third-order valence-corrected chi connectivity index (χ3v) is 3.34. The molecule has 3 nitrogen and oxygen atoms in total. The maximum atomic E-state index is 13.6. The van der Waals surface area contributed by atoms with Gasteiger partial charge in [0.25, 0.3) is 0 Å². The van der Waals surface area contributed by atoms with Crippen LogP contribution < -0.4 is 5.73 Å². The van der Waals surface area contributed by atoms with Gasteiger partial charge in [-0.05, 0) is 24.3 Å². The Kier molecular flexibility index (Phi) is 2.84. The zero-order valence-corrected chi connectivity index (χ0v) is 11.1. The molecule has 0 atom stereocenters. The molecular weight excluding hydrogens is 288 g/mol. The summed E-state index contributed by atoms with van der Waals surface area (Å²) in [5.41, 5.74) is 7.65. The number of aromatic amines is 1. The van der Waals surface area contributed by atoms with Gasteiger partial charge in [0.1, 0.15) is 11.3 Å². The number of hydrogen-bond donors (Lipinski definition) is 2. The summed E-state index contributed by atoms with van der Waals surface area (Å²) < 4.78 is 13.6. The standard InChI is InChI=1S/C13H8Cl2FN3/c14-6-4-7(11(17)8(15)5-6)13-18-10-3-1-2-9(16)12(10)19-13/h1-5H,17H2,(H,18,19). The molecular formula is C13H8Cl2FN3. The summed E-state index contributed by atoms with van der Waals surface area (Å²) in [6.45, 7) is 0. The third-order valence-electron chi connectivity index (χ3n) is 2.81. The van der Waals surface area contributed by atoms with Crippen LogP contribution in [0.1, 0.15) is 0 Å². The number of hydrogen-bond acceptors (Lipinski definition) is 2. The molecule has 0 fully saturated rings. The Morgan fingerprint density at radius 3 is 2.74 bits per heavy atom. The van der Waals surface area contributed by atoms with E-state index in [1.807, 2.05) is 0 Å². The largest absolute Gasteiger partial charge is 0.397 e. The topological polar surface area (TPSA) is 54.7 Å². The first-order chi connectivity index (χ1) is 9.06. The van der Waals surface area contributed by atoms with Crippen molar-refractivity contribution >= 4 is 39.9 Å². The van der Waals surface area contributed by atoms with E-state index in [0.717, 1.165) is 0 Å². The highest BCUT2D eigenvalue weighted by Gasteiger charge is 2.13. The molecule has 0 aliphatic carbocycles. The van der Waals surface area contributed by atoms with E-state index in [4.69, 9.17) is 28.9 Å². The maximum absolute atomic E-state index is 13.6. The molecule has 0 aliphatic heterocycles. The van der Waals surface area contributed by atoms with Crippen molar-refractivity contribution < 1.29 is 4.39 Å². The predicted octanol–water partition coefficient (Wildman–Crippen LogP) is 4.26. The molecule has 0 spiro atoms. The molecule has 2 aromatic carbocycles. The number of para-hydroxylation sites is 1. The number of nitrogens with zero attached hydrogens (tertiary/aromatic N) is 1. The summed E-state index contributed by atoms with van der Waals surface area (Å²) >= 11 is 11.9. The summed E-state index contributed by atoms with van der Waals surface area (Å²) in [5, 5.41) is 0.776. The molecule has 1 heterocycles. The van der Waals surface area contributed by atoms with Gasteiger partial charge in [-0.2, -0.15) is 0 Å². The zero-order chi connectivity index (χ0) is 13.6. The molecule has 1 aromatic heterocycles. The Labute approximate surface area is 118 Å². The summed E-state index contributed by atoms with van der Waals surface area (Å²) in [7, 11) is 0. The van der Waals surface area contributed by atoms with Crippen LogP contribution in [-0.4, -0.2) is 9.97 Å². The Hall–Kier alpha value is -1.78. The van der Waals surface area contributed by atoms with Crippen LogP contribution in [0.25, 0.3) is 22.4 Å². The molecule has 0 amide bonds. The van der Waals surface area contributed by atoms with Crippen LogP contribution in [0.2, 0.25) is 10.0 Å². The fourth-order valence-electron chi connectivity index (χ4n) is 1.91. The lowest BCUT2D eigenvalue weighted by Gasteiger charge is -2.05. The van der Waals surface area contributed by atoms with Crippen LogP contribution in [0, 0.1) is 5.82 Å². The highest BCUT2D eigenvalue weighted by Crippen LogP contribution is 2.34. The predicted molar refractivity (Wildman–Crippen MR) is 75.9 cm³/mol. The average Bonchev–Trinajstić information content (AvgIpc) is 2.79. The van der Waals surface area contributed by atoms with Crippen LogP contribution in [0.5, 0.6) is 0 Å². The molecule has 19 heavy (non-hydrogen) atoms. The van der Waals surface area contributed by atoms with Crippen molar-refractivity contribution in [2.75, 3.05) is 5.73 Å². The number of aromatic nitrogens is 2. The highest BCUT2D eigenvalue weighted by molar-refractivity contribution is 6.37. The summed E-state index contributed by atoms with van der Waals surface area (Å²) in [4.78, 5) is 7.20. The molecule has 3 aromatic rings. The normalized spacial score (nSPS) is 11.1. The number of nitrogen functional groups attached to an aromatic ring is 1. The quantitative estimate of drug-likeness (QED) is 0.659. The van der Waals surface area contributed by atoms with Gasteiger partial charge in [0, 0.05) is 10.6 Å². The van der Waals surface area contributed by atoms with E-state index in [1.54, 1.807) is 24.3 Å². The second kappa shape index (κ2) is 4.40. The van der Waals surface area contributed by atoms with E-state index in [2.05, 4.69) is 9.97 Å². The number of halogens is 3. The number of nitrogens with one attached hydrogen (secondary N) is 1. The average molecular weight is 296 g/mol. The van der Waals surface area contributed by atoms with Crippen molar-refractivity contribution in [3.63, 3.8) is 0 Å². The molecule has 0 bridgehead atoms. The minimum absolute atomic E-state index is 0.257. The fourth-order valence-corrected chi connectivity index (χ4v) is 2.40. The lowest BCUT2D eigenvalue weighted by Crippen LogP contribution is -1.93. The van der Waals surface area contributed by atoms with E-state index in [-0.39, 0.29) is 5.52 Å². The Bertz CT molecular complexity index is 783. The van der Waals surface area contributed by atoms with Gasteiger partial charge in [-0.3, -0.25) is 0 Å². The monoisotopic (exact) mass is 295 g/mol. The van der Waals surface area contributed by atoms with Gasteiger partial charge in [0.05, 0.1) is 16.2 Å². The van der Waals surface area contributed by atoms with Crippen molar-refractivity contribution in [1.29, 1.82) is 0 Å². The van der Waals surface area contributed by atoms with Crippen molar-refractivity contribution in [2.45, 2.75) is 0 Å². The van der Waals surface area contributed by atoms with Gasteiger partial charge in [-0.1, -0.05) is 29.3 Å².